The molecule has 1 heterocycles. The molecule has 4 atom stereocenters. The van der Waals surface area contributed by atoms with Crippen molar-refractivity contribution < 1.29 is 4.79 Å². The normalized spacial score (nSPS) is 38.8. The minimum absolute atomic E-state index is 0.0148. The van der Waals surface area contributed by atoms with E-state index < -0.39 is 0 Å². The van der Waals surface area contributed by atoms with Gasteiger partial charge in [-0.3, -0.25) is 10.1 Å². The molecule has 0 radical (unpaired) electrons. The Balaban J connectivity index is 1.94. The van der Waals surface area contributed by atoms with E-state index >= 15 is 0 Å². The lowest BCUT2D eigenvalue weighted by molar-refractivity contribution is -0.130. The number of carbonyl (C=O) groups excluding carboxylic acids is 1. The van der Waals surface area contributed by atoms with Gasteiger partial charge >= 0.3 is 0 Å². The molecule has 0 aromatic carbocycles. The molecule has 1 saturated carbocycles. The average molecular weight is 238 g/mol. The van der Waals surface area contributed by atoms with Crippen LogP contribution in [0.15, 0.2) is 0 Å². The number of hydrogen-bond acceptors (Lipinski definition) is 2. The molecular weight excluding hydrogens is 212 g/mol. The van der Waals surface area contributed by atoms with Gasteiger partial charge in [-0.05, 0) is 38.0 Å². The molecule has 3 heteroatoms. The van der Waals surface area contributed by atoms with Gasteiger partial charge in [0, 0.05) is 6.54 Å². The SMILES string of the molecule is CCC1NC(C)C(=O)N1CC1CCCC(C)C1. The van der Waals surface area contributed by atoms with Crippen molar-refractivity contribution in [2.24, 2.45) is 11.8 Å². The van der Waals surface area contributed by atoms with Gasteiger partial charge < -0.3 is 4.90 Å². The van der Waals surface area contributed by atoms with E-state index in [0.29, 0.717) is 5.91 Å². The first-order valence-electron chi connectivity index (χ1n) is 7.18. The maximum Gasteiger partial charge on any atom is 0.240 e. The first-order valence-corrected chi connectivity index (χ1v) is 7.18. The standard InChI is InChI=1S/C14H26N2O/c1-4-13-15-11(3)14(17)16(13)9-12-7-5-6-10(2)8-12/h10-13,15H,4-9H2,1-3H3. The van der Waals surface area contributed by atoms with Crippen LogP contribution in [0.4, 0.5) is 0 Å². The van der Waals surface area contributed by atoms with E-state index in [9.17, 15) is 4.79 Å². The summed E-state index contributed by atoms with van der Waals surface area (Å²) in [5.41, 5.74) is 0. The van der Waals surface area contributed by atoms with Gasteiger partial charge in [-0.1, -0.05) is 26.7 Å². The summed E-state index contributed by atoms with van der Waals surface area (Å²) in [4.78, 5) is 14.2. The third-order valence-electron chi connectivity index (χ3n) is 4.36. The Morgan fingerprint density at radius 2 is 2.12 bits per heavy atom. The predicted octanol–water partition coefficient (Wildman–Crippen LogP) is 2.37. The van der Waals surface area contributed by atoms with Gasteiger partial charge in [0.2, 0.25) is 5.91 Å². The molecule has 0 spiro atoms. The maximum atomic E-state index is 12.1. The molecular formula is C14H26N2O. The molecule has 17 heavy (non-hydrogen) atoms. The molecule has 2 fully saturated rings. The molecule has 2 aliphatic rings. The van der Waals surface area contributed by atoms with E-state index in [1.54, 1.807) is 0 Å². The van der Waals surface area contributed by atoms with E-state index in [-0.39, 0.29) is 12.2 Å². The third kappa shape index (κ3) is 2.82. The quantitative estimate of drug-likeness (QED) is 0.818. The minimum Gasteiger partial charge on any atom is -0.326 e. The summed E-state index contributed by atoms with van der Waals surface area (Å²) in [5.74, 6) is 1.87. The molecule has 0 aromatic heterocycles. The van der Waals surface area contributed by atoms with E-state index in [4.69, 9.17) is 0 Å². The Bertz CT molecular complexity index is 279. The van der Waals surface area contributed by atoms with Crippen LogP contribution in [0.3, 0.4) is 0 Å². The Hall–Kier alpha value is -0.570. The van der Waals surface area contributed by atoms with Crippen molar-refractivity contribution in [3.8, 4) is 0 Å². The molecule has 0 aromatic rings. The monoisotopic (exact) mass is 238 g/mol. The second-order valence-corrected chi connectivity index (χ2v) is 5.94. The summed E-state index contributed by atoms with van der Waals surface area (Å²) in [7, 11) is 0. The van der Waals surface area contributed by atoms with Crippen molar-refractivity contribution in [3.63, 3.8) is 0 Å². The largest absolute Gasteiger partial charge is 0.326 e. The van der Waals surface area contributed by atoms with Crippen LogP contribution < -0.4 is 5.32 Å². The van der Waals surface area contributed by atoms with Gasteiger partial charge in [-0.25, -0.2) is 0 Å². The first kappa shape index (κ1) is 12.9. The van der Waals surface area contributed by atoms with Gasteiger partial charge in [0.15, 0.2) is 0 Å². The number of nitrogens with zero attached hydrogens (tertiary/aromatic N) is 1. The van der Waals surface area contributed by atoms with Crippen molar-refractivity contribution in [2.75, 3.05) is 6.54 Å². The lowest BCUT2D eigenvalue weighted by Crippen LogP contribution is -2.40. The van der Waals surface area contributed by atoms with Gasteiger partial charge in [0.1, 0.15) is 0 Å². The Morgan fingerprint density at radius 3 is 2.76 bits per heavy atom. The Kier molecular flexibility index (Phi) is 4.08. The molecule has 4 unspecified atom stereocenters. The minimum atomic E-state index is 0.0148. The van der Waals surface area contributed by atoms with Crippen LogP contribution >= 0.6 is 0 Å². The lowest BCUT2D eigenvalue weighted by Gasteiger charge is -2.32. The van der Waals surface area contributed by atoms with Crippen LogP contribution in [-0.2, 0) is 4.79 Å². The lowest BCUT2D eigenvalue weighted by atomic mass is 9.82. The van der Waals surface area contributed by atoms with Gasteiger partial charge in [-0.15, -0.1) is 0 Å². The van der Waals surface area contributed by atoms with Crippen molar-refractivity contribution >= 4 is 5.91 Å². The van der Waals surface area contributed by atoms with Crippen LogP contribution in [0, 0.1) is 11.8 Å². The fourth-order valence-corrected chi connectivity index (χ4v) is 3.41. The third-order valence-corrected chi connectivity index (χ3v) is 4.36. The Morgan fingerprint density at radius 1 is 1.35 bits per heavy atom. The highest BCUT2D eigenvalue weighted by atomic mass is 16.2. The summed E-state index contributed by atoms with van der Waals surface area (Å²) in [5, 5.41) is 3.38. The zero-order valence-electron chi connectivity index (χ0n) is 11.4. The number of amides is 1. The van der Waals surface area contributed by atoms with Crippen molar-refractivity contribution in [1.29, 1.82) is 0 Å². The molecule has 98 valence electrons. The van der Waals surface area contributed by atoms with Crippen molar-refractivity contribution in [1.82, 2.24) is 10.2 Å². The topological polar surface area (TPSA) is 32.3 Å². The average Bonchev–Trinajstić information content (AvgIpc) is 2.57. The zero-order chi connectivity index (χ0) is 12.4. The van der Waals surface area contributed by atoms with Crippen LogP contribution in [-0.4, -0.2) is 29.6 Å². The van der Waals surface area contributed by atoms with Gasteiger partial charge in [-0.2, -0.15) is 0 Å². The molecule has 1 N–H and O–H groups in total. The maximum absolute atomic E-state index is 12.1. The second kappa shape index (κ2) is 5.38. The van der Waals surface area contributed by atoms with Gasteiger partial charge in [0.25, 0.3) is 0 Å². The first-order chi connectivity index (χ1) is 8.11. The van der Waals surface area contributed by atoms with Crippen molar-refractivity contribution in [2.45, 2.75) is 65.1 Å². The number of nitrogens with one attached hydrogen (secondary N) is 1. The highest BCUT2D eigenvalue weighted by Gasteiger charge is 2.36. The summed E-state index contributed by atoms with van der Waals surface area (Å²) in [6.45, 7) is 7.45. The molecule has 1 aliphatic heterocycles. The highest BCUT2D eigenvalue weighted by molar-refractivity contribution is 5.83. The van der Waals surface area contributed by atoms with E-state index in [1.807, 2.05) is 6.92 Å². The zero-order valence-corrected chi connectivity index (χ0v) is 11.4. The smallest absolute Gasteiger partial charge is 0.240 e. The van der Waals surface area contributed by atoms with Crippen LogP contribution in [0.25, 0.3) is 0 Å². The highest BCUT2D eigenvalue weighted by Crippen LogP contribution is 2.30. The molecule has 1 amide bonds. The summed E-state index contributed by atoms with van der Waals surface area (Å²) >= 11 is 0. The van der Waals surface area contributed by atoms with Crippen LogP contribution in [0.2, 0.25) is 0 Å². The predicted molar refractivity (Wildman–Crippen MR) is 69.5 cm³/mol. The van der Waals surface area contributed by atoms with E-state index in [2.05, 4.69) is 24.1 Å². The van der Waals surface area contributed by atoms with Crippen LogP contribution in [0.5, 0.6) is 0 Å². The number of rotatable bonds is 3. The number of carbonyl (C=O) groups is 1. The Labute approximate surface area is 105 Å². The number of hydrogen-bond donors (Lipinski definition) is 1. The molecule has 3 nitrogen and oxygen atoms in total. The van der Waals surface area contributed by atoms with Crippen LogP contribution in [0.1, 0.15) is 52.9 Å². The summed E-state index contributed by atoms with van der Waals surface area (Å²) in [6, 6.07) is 0.0148. The van der Waals surface area contributed by atoms with E-state index in [0.717, 1.165) is 24.8 Å². The summed E-state index contributed by atoms with van der Waals surface area (Å²) < 4.78 is 0. The summed E-state index contributed by atoms with van der Waals surface area (Å²) in [6.07, 6.45) is 6.60. The molecule has 2 rings (SSSR count). The fourth-order valence-electron chi connectivity index (χ4n) is 3.41. The van der Waals surface area contributed by atoms with Gasteiger partial charge in [0.05, 0.1) is 12.2 Å². The second-order valence-electron chi connectivity index (χ2n) is 5.94. The molecule has 1 aliphatic carbocycles. The van der Waals surface area contributed by atoms with E-state index in [1.165, 1.54) is 25.7 Å². The fraction of sp³-hybridized carbons (Fsp3) is 0.929. The molecule has 1 saturated heterocycles. The molecule has 0 bridgehead atoms. The van der Waals surface area contributed by atoms with Crippen molar-refractivity contribution in [3.05, 3.63) is 0 Å².